The molecule has 0 atom stereocenters. The molecule has 2 amide bonds. The van der Waals surface area contributed by atoms with Gasteiger partial charge < -0.3 is 20.9 Å². The van der Waals surface area contributed by atoms with Crippen LogP contribution in [-0.4, -0.2) is 44.0 Å². The minimum atomic E-state index is -0.204. The van der Waals surface area contributed by atoms with Crippen molar-refractivity contribution in [2.45, 2.75) is 12.8 Å². The van der Waals surface area contributed by atoms with Crippen LogP contribution < -0.4 is 20.9 Å². The monoisotopic (exact) mass is 429 g/mol. The Labute approximate surface area is 177 Å². The van der Waals surface area contributed by atoms with Gasteiger partial charge in [0.2, 0.25) is 5.91 Å². The van der Waals surface area contributed by atoms with Gasteiger partial charge in [0.1, 0.15) is 4.83 Å². The van der Waals surface area contributed by atoms with Gasteiger partial charge >= 0.3 is 0 Å². The predicted octanol–water partition coefficient (Wildman–Crippen LogP) is 3.38. The SMILES string of the molecule is CN(C)c1nc2sc(C(=O)Nc3ccc(N4CCC(C(N)=O)CC4)cc3)cc2s1. The van der Waals surface area contributed by atoms with Crippen molar-refractivity contribution in [2.75, 3.05) is 42.3 Å². The second-order valence-electron chi connectivity index (χ2n) is 7.34. The smallest absolute Gasteiger partial charge is 0.265 e. The molecule has 0 bridgehead atoms. The van der Waals surface area contributed by atoms with Crippen molar-refractivity contribution in [1.29, 1.82) is 0 Å². The van der Waals surface area contributed by atoms with Gasteiger partial charge in [-0.25, -0.2) is 4.98 Å². The molecular weight excluding hydrogens is 406 g/mol. The van der Waals surface area contributed by atoms with Crippen molar-refractivity contribution in [3.8, 4) is 0 Å². The first-order chi connectivity index (χ1) is 13.9. The highest BCUT2D eigenvalue weighted by Gasteiger charge is 2.23. The summed E-state index contributed by atoms with van der Waals surface area (Å²) in [7, 11) is 3.92. The van der Waals surface area contributed by atoms with Crippen LogP contribution in [0.3, 0.4) is 0 Å². The van der Waals surface area contributed by atoms with E-state index in [-0.39, 0.29) is 17.7 Å². The molecule has 0 spiro atoms. The first kappa shape index (κ1) is 19.7. The van der Waals surface area contributed by atoms with Crippen LogP contribution >= 0.6 is 22.7 Å². The molecule has 29 heavy (non-hydrogen) atoms. The van der Waals surface area contributed by atoms with E-state index in [0.717, 1.165) is 52.0 Å². The van der Waals surface area contributed by atoms with Gasteiger partial charge in [-0.2, -0.15) is 0 Å². The second-order valence-corrected chi connectivity index (χ2v) is 9.38. The van der Waals surface area contributed by atoms with Gasteiger partial charge in [-0.3, -0.25) is 9.59 Å². The Morgan fingerprint density at radius 2 is 1.86 bits per heavy atom. The number of nitrogens with zero attached hydrogens (tertiary/aromatic N) is 3. The number of amides is 2. The topological polar surface area (TPSA) is 91.6 Å². The van der Waals surface area contributed by atoms with Crippen LogP contribution in [0.2, 0.25) is 0 Å². The Bertz CT molecular complexity index is 1000. The molecule has 1 aromatic carbocycles. The van der Waals surface area contributed by atoms with Gasteiger partial charge in [0.15, 0.2) is 5.13 Å². The number of anilines is 3. The molecule has 1 aliphatic rings. The molecule has 0 radical (unpaired) electrons. The zero-order chi connectivity index (χ0) is 20.5. The van der Waals surface area contributed by atoms with Gasteiger partial charge in [0, 0.05) is 44.5 Å². The van der Waals surface area contributed by atoms with E-state index in [1.54, 1.807) is 11.3 Å². The number of carbonyl (C=O) groups excluding carboxylic acids is 2. The molecule has 1 saturated heterocycles. The molecule has 0 saturated carbocycles. The number of thiophene rings is 1. The molecule has 0 unspecified atom stereocenters. The van der Waals surface area contributed by atoms with E-state index in [2.05, 4.69) is 15.2 Å². The van der Waals surface area contributed by atoms with Crippen molar-refractivity contribution in [2.24, 2.45) is 11.7 Å². The van der Waals surface area contributed by atoms with Crippen LogP contribution in [0.1, 0.15) is 22.5 Å². The second kappa shape index (κ2) is 8.00. The average Bonchev–Trinajstić information content (AvgIpc) is 3.28. The van der Waals surface area contributed by atoms with Crippen molar-refractivity contribution in [3.05, 3.63) is 35.2 Å². The quantitative estimate of drug-likeness (QED) is 0.649. The minimum absolute atomic E-state index is 0.0199. The molecule has 3 N–H and O–H groups in total. The molecule has 4 rings (SSSR count). The summed E-state index contributed by atoms with van der Waals surface area (Å²) in [6.45, 7) is 1.63. The number of carbonyl (C=O) groups is 2. The molecule has 3 heterocycles. The van der Waals surface area contributed by atoms with Gasteiger partial charge in [0.25, 0.3) is 5.91 Å². The third kappa shape index (κ3) is 4.20. The van der Waals surface area contributed by atoms with E-state index in [4.69, 9.17) is 5.73 Å². The molecule has 9 heteroatoms. The summed E-state index contributed by atoms with van der Waals surface area (Å²) in [5.74, 6) is -0.348. The van der Waals surface area contributed by atoms with Crippen molar-refractivity contribution >= 4 is 60.5 Å². The molecule has 1 aliphatic heterocycles. The fraction of sp³-hybridized carbons (Fsp3) is 0.350. The highest BCUT2D eigenvalue weighted by Crippen LogP contribution is 2.34. The number of hydrogen-bond donors (Lipinski definition) is 2. The fourth-order valence-electron chi connectivity index (χ4n) is 3.40. The third-order valence-electron chi connectivity index (χ3n) is 5.07. The number of nitrogens with one attached hydrogen (secondary N) is 1. The Hall–Kier alpha value is -2.65. The average molecular weight is 430 g/mol. The van der Waals surface area contributed by atoms with Crippen molar-refractivity contribution < 1.29 is 9.59 Å². The summed E-state index contributed by atoms with van der Waals surface area (Å²) in [4.78, 5) is 34.2. The van der Waals surface area contributed by atoms with Crippen LogP contribution in [0.4, 0.5) is 16.5 Å². The van der Waals surface area contributed by atoms with Crippen LogP contribution in [0.15, 0.2) is 30.3 Å². The van der Waals surface area contributed by atoms with E-state index >= 15 is 0 Å². The van der Waals surface area contributed by atoms with Gasteiger partial charge in [0.05, 0.1) is 9.58 Å². The molecule has 152 valence electrons. The van der Waals surface area contributed by atoms with E-state index in [1.807, 2.05) is 49.3 Å². The molecule has 2 aromatic heterocycles. The summed E-state index contributed by atoms with van der Waals surface area (Å²) in [6.07, 6.45) is 1.57. The number of piperidine rings is 1. The standard InChI is InChI=1S/C20H23N5O2S2/c1-24(2)20-23-19-16(29-20)11-15(28-19)18(27)22-13-3-5-14(6-4-13)25-9-7-12(8-10-25)17(21)26/h3-6,11-12H,7-10H2,1-2H3,(H2,21,26)(H,22,27). The van der Waals surface area contributed by atoms with Crippen LogP contribution in [0.25, 0.3) is 9.53 Å². The van der Waals surface area contributed by atoms with Gasteiger partial charge in [-0.15, -0.1) is 11.3 Å². The minimum Gasteiger partial charge on any atom is -0.371 e. The maximum Gasteiger partial charge on any atom is 0.265 e. The Morgan fingerprint density at radius 3 is 2.45 bits per heavy atom. The van der Waals surface area contributed by atoms with E-state index in [1.165, 1.54) is 11.3 Å². The summed E-state index contributed by atoms with van der Waals surface area (Å²) in [5.41, 5.74) is 7.24. The number of aromatic nitrogens is 1. The molecule has 0 aliphatic carbocycles. The number of nitrogens with two attached hydrogens (primary N) is 1. The lowest BCUT2D eigenvalue weighted by Crippen LogP contribution is -2.38. The van der Waals surface area contributed by atoms with Crippen LogP contribution in [-0.2, 0) is 4.79 Å². The highest BCUT2D eigenvalue weighted by atomic mass is 32.1. The number of hydrogen-bond acceptors (Lipinski definition) is 7. The normalized spacial score (nSPS) is 14.9. The number of benzene rings is 1. The van der Waals surface area contributed by atoms with Crippen LogP contribution in [0, 0.1) is 5.92 Å². The first-order valence-corrected chi connectivity index (χ1v) is 11.1. The maximum absolute atomic E-state index is 12.6. The molecular formula is C20H23N5O2S2. The fourth-order valence-corrected chi connectivity index (χ4v) is 5.43. The first-order valence-electron chi connectivity index (χ1n) is 9.44. The Kier molecular flexibility index (Phi) is 5.42. The summed E-state index contributed by atoms with van der Waals surface area (Å²) in [5, 5.41) is 3.90. The Balaban J connectivity index is 1.39. The summed E-state index contributed by atoms with van der Waals surface area (Å²) >= 11 is 2.99. The van der Waals surface area contributed by atoms with Crippen LogP contribution in [0.5, 0.6) is 0 Å². The third-order valence-corrected chi connectivity index (χ3v) is 7.40. The summed E-state index contributed by atoms with van der Waals surface area (Å²) in [6, 6.07) is 9.71. The largest absolute Gasteiger partial charge is 0.371 e. The van der Waals surface area contributed by atoms with E-state index < -0.39 is 0 Å². The van der Waals surface area contributed by atoms with Gasteiger partial charge in [-0.1, -0.05) is 11.3 Å². The number of rotatable bonds is 5. The lowest BCUT2D eigenvalue weighted by Gasteiger charge is -2.32. The molecule has 7 nitrogen and oxygen atoms in total. The number of primary amides is 1. The number of thiazole rings is 1. The maximum atomic E-state index is 12.6. The predicted molar refractivity (Wildman–Crippen MR) is 120 cm³/mol. The van der Waals surface area contributed by atoms with E-state index in [9.17, 15) is 9.59 Å². The lowest BCUT2D eigenvalue weighted by atomic mass is 9.96. The highest BCUT2D eigenvalue weighted by molar-refractivity contribution is 7.29. The zero-order valence-corrected chi connectivity index (χ0v) is 18.0. The number of fused-ring (bicyclic) bond motifs is 1. The van der Waals surface area contributed by atoms with Crippen molar-refractivity contribution in [1.82, 2.24) is 4.98 Å². The lowest BCUT2D eigenvalue weighted by molar-refractivity contribution is -0.122. The van der Waals surface area contributed by atoms with Crippen molar-refractivity contribution in [3.63, 3.8) is 0 Å². The summed E-state index contributed by atoms with van der Waals surface area (Å²) < 4.78 is 1.03. The Morgan fingerprint density at radius 1 is 1.17 bits per heavy atom. The molecule has 3 aromatic rings. The van der Waals surface area contributed by atoms with Gasteiger partial charge in [-0.05, 0) is 43.2 Å². The zero-order valence-electron chi connectivity index (χ0n) is 16.3. The molecule has 1 fully saturated rings. The van der Waals surface area contributed by atoms with E-state index in [0.29, 0.717) is 4.88 Å².